The zero-order valence-electron chi connectivity index (χ0n) is 13.2. The van der Waals surface area contributed by atoms with Gasteiger partial charge in [0.15, 0.2) is 0 Å². The molecule has 1 heterocycles. The number of carboxylic acid groups (broad SMARTS) is 1. The van der Waals surface area contributed by atoms with Gasteiger partial charge in [-0.15, -0.1) is 0 Å². The third-order valence-electron chi connectivity index (χ3n) is 4.40. The van der Waals surface area contributed by atoms with Crippen LogP contribution in [0.4, 0.5) is 18.9 Å². The third kappa shape index (κ3) is 3.31. The number of benzene rings is 2. The van der Waals surface area contributed by atoms with Crippen LogP contribution >= 0.6 is 11.6 Å². The summed E-state index contributed by atoms with van der Waals surface area (Å²) in [4.78, 5) is 13.3. The Kier molecular flexibility index (Phi) is 4.41. The number of aryl methyl sites for hydroxylation is 1. The second-order valence-corrected chi connectivity index (χ2v) is 6.52. The van der Waals surface area contributed by atoms with Crippen LogP contribution in [0.5, 0.6) is 0 Å². The van der Waals surface area contributed by atoms with Crippen molar-refractivity contribution in [1.82, 2.24) is 0 Å². The molecular weight excluding hydrogens is 355 g/mol. The Balaban J connectivity index is 2.05. The summed E-state index contributed by atoms with van der Waals surface area (Å²) in [5, 5.41) is 9.54. The maximum Gasteiger partial charge on any atom is 0.416 e. The first-order valence-electron chi connectivity index (χ1n) is 7.61. The summed E-state index contributed by atoms with van der Waals surface area (Å²) in [5.41, 5.74) is 1.07. The van der Waals surface area contributed by atoms with Gasteiger partial charge in [-0.1, -0.05) is 23.7 Å². The molecule has 1 fully saturated rings. The number of rotatable bonds is 3. The highest BCUT2D eigenvalue weighted by molar-refractivity contribution is 6.31. The van der Waals surface area contributed by atoms with Crippen molar-refractivity contribution in [2.45, 2.75) is 19.1 Å². The van der Waals surface area contributed by atoms with Crippen LogP contribution < -0.4 is 4.90 Å². The van der Waals surface area contributed by atoms with E-state index in [0.717, 1.165) is 23.4 Å². The lowest BCUT2D eigenvalue weighted by Crippen LogP contribution is -2.53. The van der Waals surface area contributed by atoms with Crippen LogP contribution in [0.3, 0.4) is 0 Å². The molecule has 1 aliphatic heterocycles. The number of carboxylic acids is 1. The van der Waals surface area contributed by atoms with E-state index in [1.54, 1.807) is 11.0 Å². The van der Waals surface area contributed by atoms with E-state index in [2.05, 4.69) is 0 Å². The van der Waals surface area contributed by atoms with Crippen LogP contribution in [-0.2, 0) is 11.0 Å². The number of aliphatic carboxylic acids is 1. The van der Waals surface area contributed by atoms with Crippen molar-refractivity contribution < 1.29 is 23.1 Å². The summed E-state index contributed by atoms with van der Waals surface area (Å²) < 4.78 is 39.1. The lowest BCUT2D eigenvalue weighted by molar-refractivity contribution is -0.144. The molecule has 7 heteroatoms. The molecule has 3 rings (SSSR count). The van der Waals surface area contributed by atoms with Gasteiger partial charge in [0.05, 0.1) is 17.5 Å². The quantitative estimate of drug-likeness (QED) is 0.834. The molecule has 0 bridgehead atoms. The second-order valence-electron chi connectivity index (χ2n) is 6.11. The molecule has 2 atom stereocenters. The average molecular weight is 370 g/mol. The molecule has 0 spiro atoms. The number of halogens is 4. The van der Waals surface area contributed by atoms with Crippen LogP contribution in [0.15, 0.2) is 42.5 Å². The van der Waals surface area contributed by atoms with Gasteiger partial charge in [0.1, 0.15) is 0 Å². The smallest absolute Gasteiger partial charge is 0.416 e. The fraction of sp³-hybridized carbons (Fsp3) is 0.278. The predicted molar refractivity (Wildman–Crippen MR) is 88.8 cm³/mol. The first-order chi connectivity index (χ1) is 11.7. The Hall–Kier alpha value is -2.21. The molecule has 0 amide bonds. The van der Waals surface area contributed by atoms with Crippen molar-refractivity contribution in [2.75, 3.05) is 11.4 Å². The minimum absolute atomic E-state index is 0.126. The van der Waals surface area contributed by atoms with Crippen molar-refractivity contribution in [2.24, 2.45) is 5.92 Å². The van der Waals surface area contributed by atoms with Crippen LogP contribution in [0.1, 0.15) is 22.7 Å². The lowest BCUT2D eigenvalue weighted by atomic mass is 9.82. The first kappa shape index (κ1) is 17.6. The Morgan fingerprint density at radius 2 is 1.96 bits per heavy atom. The van der Waals surface area contributed by atoms with Gasteiger partial charge in [0.25, 0.3) is 0 Å². The highest BCUT2D eigenvalue weighted by Crippen LogP contribution is 2.46. The van der Waals surface area contributed by atoms with E-state index in [-0.39, 0.29) is 17.1 Å². The maximum atomic E-state index is 13.0. The summed E-state index contributed by atoms with van der Waals surface area (Å²) >= 11 is 6.12. The Morgan fingerprint density at radius 1 is 1.24 bits per heavy atom. The zero-order chi connectivity index (χ0) is 18.4. The molecule has 1 N–H and O–H groups in total. The molecule has 25 heavy (non-hydrogen) atoms. The summed E-state index contributed by atoms with van der Waals surface area (Å²) in [5.74, 6) is -1.87. The number of alkyl halides is 3. The minimum atomic E-state index is -4.52. The van der Waals surface area contributed by atoms with Crippen LogP contribution in [-0.4, -0.2) is 17.6 Å². The van der Waals surface area contributed by atoms with E-state index in [1.807, 2.05) is 25.1 Å². The van der Waals surface area contributed by atoms with E-state index < -0.39 is 29.7 Å². The van der Waals surface area contributed by atoms with E-state index in [0.29, 0.717) is 0 Å². The van der Waals surface area contributed by atoms with Crippen molar-refractivity contribution in [1.29, 1.82) is 0 Å². The van der Waals surface area contributed by atoms with Crippen LogP contribution in [0, 0.1) is 12.8 Å². The molecule has 3 nitrogen and oxygen atoms in total. The Labute approximate surface area is 147 Å². The molecule has 0 saturated carbocycles. The van der Waals surface area contributed by atoms with Crippen molar-refractivity contribution in [3.63, 3.8) is 0 Å². The molecule has 1 aliphatic rings. The topological polar surface area (TPSA) is 40.5 Å². The van der Waals surface area contributed by atoms with Gasteiger partial charge >= 0.3 is 12.1 Å². The van der Waals surface area contributed by atoms with Gasteiger partial charge in [0.2, 0.25) is 0 Å². The van der Waals surface area contributed by atoms with Gasteiger partial charge in [-0.3, -0.25) is 4.79 Å². The zero-order valence-corrected chi connectivity index (χ0v) is 14.0. The largest absolute Gasteiger partial charge is 0.481 e. The van der Waals surface area contributed by atoms with Crippen LogP contribution in [0.2, 0.25) is 5.02 Å². The van der Waals surface area contributed by atoms with E-state index in [9.17, 15) is 23.1 Å². The molecule has 132 valence electrons. The number of hydrogen-bond donors (Lipinski definition) is 1. The average Bonchev–Trinajstić information content (AvgIpc) is 2.47. The molecule has 0 aliphatic carbocycles. The maximum absolute atomic E-state index is 13.0. The molecular formula is C18H15ClF3NO2. The van der Waals surface area contributed by atoms with E-state index in [1.165, 1.54) is 6.07 Å². The Morgan fingerprint density at radius 3 is 2.56 bits per heavy atom. The van der Waals surface area contributed by atoms with Crippen molar-refractivity contribution in [3.8, 4) is 0 Å². The van der Waals surface area contributed by atoms with Crippen molar-refractivity contribution in [3.05, 3.63) is 64.2 Å². The van der Waals surface area contributed by atoms with Crippen molar-refractivity contribution >= 4 is 23.3 Å². The SMILES string of the molecule is Cc1cccc(N2CC(C(=O)O)C2c2cc(C(F)(F)F)ccc2Cl)c1. The second kappa shape index (κ2) is 6.26. The minimum Gasteiger partial charge on any atom is -0.481 e. The molecule has 0 aromatic heterocycles. The number of hydrogen-bond acceptors (Lipinski definition) is 2. The molecule has 0 radical (unpaired) electrons. The Bertz CT molecular complexity index is 822. The molecule has 2 aromatic carbocycles. The molecule has 2 unspecified atom stereocenters. The lowest BCUT2D eigenvalue weighted by Gasteiger charge is -2.48. The van der Waals surface area contributed by atoms with E-state index in [4.69, 9.17) is 11.6 Å². The van der Waals surface area contributed by atoms with Gasteiger partial charge in [-0.2, -0.15) is 13.2 Å². The number of anilines is 1. The summed E-state index contributed by atoms with van der Waals surface area (Å²) in [7, 11) is 0. The van der Waals surface area contributed by atoms with Gasteiger partial charge < -0.3 is 10.0 Å². The highest BCUT2D eigenvalue weighted by atomic mass is 35.5. The summed E-state index contributed by atoms with van der Waals surface area (Å²) in [6, 6.07) is 9.67. The van der Waals surface area contributed by atoms with Gasteiger partial charge in [-0.05, 0) is 48.4 Å². The predicted octanol–water partition coefficient (Wildman–Crippen LogP) is 4.93. The standard InChI is InChI=1S/C18H15ClF3NO2/c1-10-3-2-4-12(7-10)23-9-14(17(24)25)16(23)13-8-11(18(20,21)22)5-6-15(13)19/h2-8,14,16H,9H2,1H3,(H,24,25). The number of carbonyl (C=O) groups is 1. The highest BCUT2D eigenvalue weighted by Gasteiger charge is 2.46. The fourth-order valence-electron chi connectivity index (χ4n) is 3.12. The fourth-order valence-corrected chi connectivity index (χ4v) is 3.35. The first-order valence-corrected chi connectivity index (χ1v) is 7.99. The normalized spacial score (nSPS) is 20.3. The van der Waals surface area contributed by atoms with Crippen LogP contribution in [0.25, 0.3) is 0 Å². The summed E-state index contributed by atoms with van der Waals surface area (Å²) in [6.45, 7) is 2.11. The van der Waals surface area contributed by atoms with E-state index >= 15 is 0 Å². The summed E-state index contributed by atoms with van der Waals surface area (Å²) in [6.07, 6.45) is -4.52. The third-order valence-corrected chi connectivity index (χ3v) is 4.75. The molecule has 1 saturated heterocycles. The molecule has 2 aromatic rings. The van der Waals surface area contributed by atoms with Gasteiger partial charge in [-0.25, -0.2) is 0 Å². The van der Waals surface area contributed by atoms with Gasteiger partial charge in [0, 0.05) is 17.3 Å². The number of nitrogens with zero attached hydrogens (tertiary/aromatic N) is 1. The monoisotopic (exact) mass is 369 g/mol.